The number of ether oxygens (including phenoxy) is 2. The number of hydrogen-bond acceptors (Lipinski definition) is 5. The molecule has 1 aliphatic heterocycles. The van der Waals surface area contributed by atoms with Crippen LogP contribution in [0, 0.1) is 0 Å². The van der Waals surface area contributed by atoms with Crippen molar-refractivity contribution in [2.75, 3.05) is 32.9 Å². The zero-order chi connectivity index (χ0) is 12.8. The second kappa shape index (κ2) is 7.31. The van der Waals surface area contributed by atoms with Gasteiger partial charge in [0, 0.05) is 25.3 Å². The Bertz CT molecular complexity index is 381. The number of hydrogen-bond donors (Lipinski definition) is 0. The van der Waals surface area contributed by atoms with E-state index in [4.69, 9.17) is 9.47 Å². The Balaban J connectivity index is 1.94. The third kappa shape index (κ3) is 3.59. The average Bonchev–Trinajstić information content (AvgIpc) is 2.83. The van der Waals surface area contributed by atoms with Crippen LogP contribution in [0.25, 0.3) is 0 Å². The van der Waals surface area contributed by atoms with Gasteiger partial charge in [-0.1, -0.05) is 6.08 Å². The highest BCUT2D eigenvalue weighted by Gasteiger charge is 2.27. The van der Waals surface area contributed by atoms with Crippen molar-refractivity contribution in [2.24, 2.45) is 0 Å². The van der Waals surface area contributed by atoms with Crippen molar-refractivity contribution in [2.45, 2.75) is 17.2 Å². The Labute approximate surface area is 117 Å². The molecule has 1 aliphatic rings. The molecule has 0 fully saturated rings. The van der Waals surface area contributed by atoms with Gasteiger partial charge in [-0.15, -0.1) is 17.9 Å². The first-order chi connectivity index (χ1) is 8.85. The molecule has 3 nitrogen and oxygen atoms in total. The molecule has 0 saturated heterocycles. The van der Waals surface area contributed by atoms with Crippen LogP contribution in [0.5, 0.6) is 0 Å². The lowest BCUT2D eigenvalue weighted by molar-refractivity contribution is -0.00145. The molecule has 0 aliphatic carbocycles. The van der Waals surface area contributed by atoms with Gasteiger partial charge in [-0.25, -0.2) is 4.31 Å². The highest BCUT2D eigenvalue weighted by atomic mass is 32.2. The third-order valence-corrected chi connectivity index (χ3v) is 4.86. The van der Waals surface area contributed by atoms with Crippen molar-refractivity contribution >= 4 is 23.3 Å². The van der Waals surface area contributed by atoms with Gasteiger partial charge < -0.3 is 9.47 Å². The maximum absolute atomic E-state index is 5.94. The summed E-state index contributed by atoms with van der Waals surface area (Å²) in [5.74, 6) is 0. The summed E-state index contributed by atoms with van der Waals surface area (Å²) in [6.07, 6.45) is 2.09. The summed E-state index contributed by atoms with van der Waals surface area (Å²) in [6, 6.07) is 2.17. The molecule has 100 valence electrons. The van der Waals surface area contributed by atoms with Crippen molar-refractivity contribution < 1.29 is 9.47 Å². The number of thiophene rings is 1. The van der Waals surface area contributed by atoms with Crippen molar-refractivity contribution in [3.8, 4) is 0 Å². The van der Waals surface area contributed by atoms with Crippen LogP contribution < -0.4 is 0 Å². The van der Waals surface area contributed by atoms with Gasteiger partial charge in [-0.3, -0.25) is 0 Å². The summed E-state index contributed by atoms with van der Waals surface area (Å²) >= 11 is 3.58. The van der Waals surface area contributed by atoms with E-state index >= 15 is 0 Å². The minimum Gasteiger partial charge on any atom is -0.379 e. The molecule has 2 rings (SSSR count). The standard InChI is InChI=1S/C13H19NO2S2/c1-3-6-14-10-12(16-8-7-15-4-2)11-5-9-17-13(11)18-14/h3,5,9,12H,1,4,6-8,10H2,2H3. The van der Waals surface area contributed by atoms with Crippen molar-refractivity contribution in [3.63, 3.8) is 0 Å². The van der Waals surface area contributed by atoms with Crippen molar-refractivity contribution in [3.05, 3.63) is 29.7 Å². The largest absolute Gasteiger partial charge is 0.379 e. The molecule has 1 unspecified atom stereocenters. The lowest BCUT2D eigenvalue weighted by Crippen LogP contribution is -2.28. The zero-order valence-electron chi connectivity index (χ0n) is 10.6. The number of fused-ring (bicyclic) bond motifs is 1. The molecule has 1 aromatic rings. The predicted molar refractivity (Wildman–Crippen MR) is 77.1 cm³/mol. The van der Waals surface area contributed by atoms with Gasteiger partial charge in [0.2, 0.25) is 0 Å². The smallest absolute Gasteiger partial charge is 0.0982 e. The summed E-state index contributed by atoms with van der Waals surface area (Å²) in [5, 5.41) is 2.13. The van der Waals surface area contributed by atoms with E-state index in [9.17, 15) is 0 Å². The van der Waals surface area contributed by atoms with Crippen LogP contribution >= 0.6 is 23.3 Å². The lowest BCUT2D eigenvalue weighted by atomic mass is 10.2. The van der Waals surface area contributed by atoms with Crippen LogP contribution in [0.3, 0.4) is 0 Å². The van der Waals surface area contributed by atoms with Gasteiger partial charge in [0.1, 0.15) is 0 Å². The van der Waals surface area contributed by atoms with E-state index < -0.39 is 0 Å². The van der Waals surface area contributed by atoms with Crippen LogP contribution in [0.15, 0.2) is 28.3 Å². The Kier molecular flexibility index (Phi) is 5.72. The van der Waals surface area contributed by atoms with Gasteiger partial charge in [0.05, 0.1) is 23.5 Å². The molecule has 0 amide bonds. The quantitative estimate of drug-likeness (QED) is 0.435. The second-order valence-corrected chi connectivity index (χ2v) is 6.23. The van der Waals surface area contributed by atoms with E-state index in [1.807, 2.05) is 13.0 Å². The van der Waals surface area contributed by atoms with E-state index in [-0.39, 0.29) is 6.10 Å². The molecule has 0 N–H and O–H groups in total. The molecule has 0 radical (unpaired) electrons. The maximum atomic E-state index is 5.94. The molecule has 1 aromatic heterocycles. The third-order valence-electron chi connectivity index (χ3n) is 2.67. The fourth-order valence-corrected chi connectivity index (χ4v) is 4.11. The summed E-state index contributed by atoms with van der Waals surface area (Å²) in [4.78, 5) is 0. The SMILES string of the molecule is C=CCN1CC(OCCOCC)c2ccsc2S1. The molecule has 2 heterocycles. The van der Waals surface area contributed by atoms with E-state index in [2.05, 4.69) is 22.3 Å². The second-order valence-electron chi connectivity index (χ2n) is 3.95. The maximum Gasteiger partial charge on any atom is 0.0982 e. The van der Waals surface area contributed by atoms with Crippen LogP contribution in [0.4, 0.5) is 0 Å². The van der Waals surface area contributed by atoms with Gasteiger partial charge >= 0.3 is 0 Å². The Morgan fingerprint density at radius 2 is 2.44 bits per heavy atom. The molecule has 0 aromatic carbocycles. The molecule has 1 atom stereocenters. The predicted octanol–water partition coefficient (Wildman–Crippen LogP) is 3.35. The van der Waals surface area contributed by atoms with Gasteiger partial charge in [0.25, 0.3) is 0 Å². The highest BCUT2D eigenvalue weighted by molar-refractivity contribution is 7.99. The molecular weight excluding hydrogens is 266 g/mol. The fraction of sp³-hybridized carbons (Fsp3) is 0.538. The summed E-state index contributed by atoms with van der Waals surface area (Å²) < 4.78 is 14.9. The van der Waals surface area contributed by atoms with Crippen LogP contribution in [0.2, 0.25) is 0 Å². The molecule has 18 heavy (non-hydrogen) atoms. The van der Waals surface area contributed by atoms with Crippen molar-refractivity contribution in [1.29, 1.82) is 0 Å². The normalized spacial score (nSPS) is 19.7. The summed E-state index contributed by atoms with van der Waals surface area (Å²) in [5.41, 5.74) is 1.32. The Hall–Kier alpha value is -0.330. The minimum absolute atomic E-state index is 0.160. The van der Waals surface area contributed by atoms with Gasteiger partial charge in [-0.2, -0.15) is 0 Å². The fourth-order valence-electron chi connectivity index (χ4n) is 1.85. The van der Waals surface area contributed by atoms with Crippen LogP contribution in [0.1, 0.15) is 18.6 Å². The van der Waals surface area contributed by atoms with Crippen molar-refractivity contribution in [1.82, 2.24) is 4.31 Å². The van der Waals surface area contributed by atoms with E-state index in [1.165, 1.54) is 9.77 Å². The lowest BCUT2D eigenvalue weighted by Gasteiger charge is -2.30. The molecule has 0 saturated carbocycles. The van der Waals surface area contributed by atoms with Gasteiger partial charge in [-0.05, 0) is 30.3 Å². The van der Waals surface area contributed by atoms with E-state index in [1.54, 1.807) is 23.3 Å². The Morgan fingerprint density at radius 3 is 3.22 bits per heavy atom. The highest BCUT2D eigenvalue weighted by Crippen LogP contribution is 2.41. The van der Waals surface area contributed by atoms with Gasteiger partial charge in [0.15, 0.2) is 0 Å². The number of nitrogens with zero attached hydrogens (tertiary/aromatic N) is 1. The first-order valence-electron chi connectivity index (χ1n) is 6.15. The molecule has 0 bridgehead atoms. The van der Waals surface area contributed by atoms with Crippen LogP contribution in [-0.2, 0) is 9.47 Å². The van der Waals surface area contributed by atoms with Crippen LogP contribution in [-0.4, -0.2) is 37.2 Å². The average molecular weight is 285 g/mol. The molecular formula is C13H19NO2S2. The summed E-state index contributed by atoms with van der Waals surface area (Å²) in [6.45, 7) is 9.66. The molecule has 0 spiro atoms. The van der Waals surface area contributed by atoms with E-state index in [0.29, 0.717) is 13.2 Å². The first-order valence-corrected chi connectivity index (χ1v) is 7.81. The summed E-state index contributed by atoms with van der Waals surface area (Å²) in [7, 11) is 0. The monoisotopic (exact) mass is 285 g/mol. The molecule has 5 heteroatoms. The zero-order valence-corrected chi connectivity index (χ0v) is 12.3. The topological polar surface area (TPSA) is 21.7 Å². The number of rotatable bonds is 7. The minimum atomic E-state index is 0.160. The Morgan fingerprint density at radius 1 is 1.56 bits per heavy atom. The van der Waals surface area contributed by atoms with E-state index in [0.717, 1.165) is 19.7 Å². The first kappa shape index (κ1) is 14.1.